The second kappa shape index (κ2) is 18.8. The van der Waals surface area contributed by atoms with E-state index in [1.54, 1.807) is 0 Å². The molecule has 3 aliphatic heterocycles. The van der Waals surface area contributed by atoms with Gasteiger partial charge in [-0.3, -0.25) is 0 Å². The summed E-state index contributed by atoms with van der Waals surface area (Å²) >= 11 is 0. The summed E-state index contributed by atoms with van der Waals surface area (Å²) in [6.45, 7) is 16.1. The van der Waals surface area contributed by atoms with E-state index in [0.29, 0.717) is 25.7 Å². The van der Waals surface area contributed by atoms with Gasteiger partial charge >= 0.3 is 0 Å². The maximum Gasteiger partial charge on any atom is 0.187 e. The van der Waals surface area contributed by atoms with Crippen LogP contribution in [0.3, 0.4) is 0 Å². The molecule has 4 saturated carbocycles. The van der Waals surface area contributed by atoms with Crippen molar-refractivity contribution >= 4 is 0 Å². The maximum atomic E-state index is 12.7. The number of rotatable bonds is 13. The zero-order chi connectivity index (χ0) is 47.1. The van der Waals surface area contributed by atoms with E-state index in [1.807, 2.05) is 20.8 Å². The van der Waals surface area contributed by atoms with Crippen LogP contribution >= 0.6 is 0 Å². The fraction of sp³-hybridized carbons (Fsp3) is 0.957. The first-order valence-electron chi connectivity index (χ1n) is 23.8. The molecule has 17 heteroatoms. The van der Waals surface area contributed by atoms with Crippen LogP contribution in [-0.2, 0) is 28.4 Å². The lowest BCUT2D eigenvalue weighted by Gasteiger charge is -2.71. The van der Waals surface area contributed by atoms with Gasteiger partial charge in [0.05, 0.1) is 37.6 Å². The molecule has 64 heavy (non-hydrogen) atoms. The Morgan fingerprint density at radius 3 is 1.81 bits per heavy atom. The van der Waals surface area contributed by atoms with Gasteiger partial charge in [0, 0.05) is 0 Å². The lowest BCUT2D eigenvalue weighted by Crippen LogP contribution is -2.67. The van der Waals surface area contributed by atoms with E-state index in [1.165, 1.54) is 0 Å². The van der Waals surface area contributed by atoms with Crippen molar-refractivity contribution in [1.82, 2.24) is 0 Å². The van der Waals surface area contributed by atoms with Crippen molar-refractivity contribution in [1.29, 1.82) is 0 Å². The minimum atomic E-state index is -1.67. The van der Waals surface area contributed by atoms with E-state index in [2.05, 4.69) is 40.7 Å². The Bertz CT molecular complexity index is 1630. The van der Waals surface area contributed by atoms with Crippen molar-refractivity contribution in [2.45, 2.75) is 217 Å². The van der Waals surface area contributed by atoms with Gasteiger partial charge in [-0.05, 0) is 124 Å². The largest absolute Gasteiger partial charge is 0.394 e. The number of aliphatic hydroxyl groups excluding tert-OH is 11. The van der Waals surface area contributed by atoms with Crippen LogP contribution in [0.2, 0.25) is 0 Å². The van der Waals surface area contributed by atoms with Crippen LogP contribution in [0.15, 0.2) is 11.6 Å². The zero-order valence-corrected chi connectivity index (χ0v) is 39.0. The Labute approximate surface area is 377 Å². The van der Waals surface area contributed by atoms with Crippen LogP contribution in [0.1, 0.15) is 113 Å². The number of ether oxygens (including phenoxy) is 6. The molecule has 370 valence electrons. The second-order valence-corrected chi connectivity index (χ2v) is 22.4. The molecule has 0 amide bonds. The summed E-state index contributed by atoms with van der Waals surface area (Å²) in [4.78, 5) is 0. The molecule has 0 spiro atoms. The van der Waals surface area contributed by atoms with Gasteiger partial charge in [-0.2, -0.15) is 0 Å². The standard InChI is InChI=1S/C47H80O17/c1-22(2)10-9-14-47(8,64-42-39(58)36(55)34(53)27(62-42)21-59-40-37(56)33(52)26(20-49)60-40)23-11-16-46(7)31(23)24(50)18-29-44(5)15-13-30(43(3,4)28(44)12-17-45(29,46)6)63-41-38(57)35(54)32(51)25(19-48)61-41/h10,23-42,48-58H,9,11-21H2,1-8H3/t23-,24+,25+,26-,27+,28-,29+,30-,31-,32+,33-,34+,35-,36-,37+,38+,39+,40+,41-,42-,44-,45+,46+,47?/m0/s1. The lowest BCUT2D eigenvalue weighted by molar-refractivity contribution is -0.342. The number of hydrogen-bond acceptors (Lipinski definition) is 17. The first kappa shape index (κ1) is 50.9. The monoisotopic (exact) mass is 917 g/mol. The van der Waals surface area contributed by atoms with Gasteiger partial charge in [0.1, 0.15) is 67.1 Å². The van der Waals surface area contributed by atoms with E-state index in [4.69, 9.17) is 28.4 Å². The van der Waals surface area contributed by atoms with Gasteiger partial charge < -0.3 is 84.6 Å². The van der Waals surface area contributed by atoms with E-state index < -0.39 is 123 Å². The van der Waals surface area contributed by atoms with Gasteiger partial charge in [-0.1, -0.05) is 46.3 Å². The van der Waals surface area contributed by atoms with Crippen LogP contribution in [0.5, 0.6) is 0 Å². The normalized spacial score (nSPS) is 52.3. The van der Waals surface area contributed by atoms with Crippen molar-refractivity contribution in [3.63, 3.8) is 0 Å². The summed E-state index contributed by atoms with van der Waals surface area (Å²) in [5.74, 6) is -0.0472. The van der Waals surface area contributed by atoms with Crippen molar-refractivity contribution in [2.24, 2.45) is 45.3 Å². The Morgan fingerprint density at radius 1 is 0.641 bits per heavy atom. The Hall–Kier alpha value is -0.940. The third-order valence-electron chi connectivity index (χ3n) is 18.4. The predicted molar refractivity (Wildman–Crippen MR) is 228 cm³/mol. The summed E-state index contributed by atoms with van der Waals surface area (Å²) in [6.07, 6.45) is -11.9. The highest BCUT2D eigenvalue weighted by molar-refractivity contribution is 5.20. The Balaban J connectivity index is 1.11. The molecule has 0 aromatic carbocycles. The number of allylic oxidation sites excluding steroid dienone is 2. The van der Waals surface area contributed by atoms with E-state index in [0.717, 1.165) is 37.7 Å². The number of fused-ring (bicyclic) bond motifs is 5. The molecule has 17 nitrogen and oxygen atoms in total. The number of hydrogen-bond donors (Lipinski definition) is 11. The molecule has 0 aromatic rings. The molecule has 0 bridgehead atoms. The predicted octanol–water partition coefficient (Wildman–Crippen LogP) is 0.612. The minimum Gasteiger partial charge on any atom is -0.394 e. The highest BCUT2D eigenvalue weighted by atomic mass is 16.7. The maximum absolute atomic E-state index is 12.7. The lowest BCUT2D eigenvalue weighted by atomic mass is 9.35. The van der Waals surface area contributed by atoms with Crippen molar-refractivity contribution in [3.8, 4) is 0 Å². The van der Waals surface area contributed by atoms with Gasteiger partial charge in [-0.25, -0.2) is 0 Å². The van der Waals surface area contributed by atoms with Gasteiger partial charge in [-0.15, -0.1) is 0 Å². The van der Waals surface area contributed by atoms with Crippen LogP contribution in [0.25, 0.3) is 0 Å². The highest BCUT2D eigenvalue weighted by Gasteiger charge is 2.72. The van der Waals surface area contributed by atoms with Crippen molar-refractivity contribution < 1.29 is 84.6 Å². The smallest absolute Gasteiger partial charge is 0.187 e. The molecular formula is C47H80O17. The first-order valence-corrected chi connectivity index (χ1v) is 23.8. The molecule has 11 N–H and O–H groups in total. The summed E-state index contributed by atoms with van der Waals surface area (Å²) in [6, 6.07) is 0. The van der Waals surface area contributed by atoms with Crippen LogP contribution in [0.4, 0.5) is 0 Å². The zero-order valence-electron chi connectivity index (χ0n) is 39.0. The quantitative estimate of drug-likeness (QED) is 0.0892. The van der Waals surface area contributed by atoms with E-state index in [-0.39, 0.29) is 46.0 Å². The average Bonchev–Trinajstić information content (AvgIpc) is 3.76. The van der Waals surface area contributed by atoms with Gasteiger partial charge in [0.15, 0.2) is 18.9 Å². The van der Waals surface area contributed by atoms with Gasteiger partial charge in [0.2, 0.25) is 0 Å². The summed E-state index contributed by atoms with van der Waals surface area (Å²) in [5.41, 5.74) is -0.947. The Morgan fingerprint density at radius 2 is 1.19 bits per heavy atom. The molecule has 24 atom stereocenters. The molecule has 1 unspecified atom stereocenters. The summed E-state index contributed by atoms with van der Waals surface area (Å²) < 4.78 is 36.6. The first-order chi connectivity index (χ1) is 29.9. The summed E-state index contributed by atoms with van der Waals surface area (Å²) in [5, 5.41) is 118. The molecule has 0 radical (unpaired) electrons. The molecule has 0 aromatic heterocycles. The second-order valence-electron chi connectivity index (χ2n) is 22.4. The SMILES string of the molecule is CC(C)=CCCC(C)(O[C@@H]1O[C@H](CO[C@@H]2O[C@@H](CO)[C@H](O)[C@H]2O)[C@@H](O)[C@H](O)[C@H]1O)[C@H]1CC[C@]2(C)[C@@H]1[C@H](O)C[C@@H]1[C@@]3(C)CC[C@H](O[C@@H]4O[C@H](CO)[C@@H](O)[C@H](O)[C@H]4O)C(C)(C)[C@@H]3CC[C@]12C. The van der Waals surface area contributed by atoms with Crippen LogP contribution in [0, 0.1) is 45.3 Å². The molecular weight excluding hydrogens is 836 g/mol. The van der Waals surface area contributed by atoms with Gasteiger partial charge in [0.25, 0.3) is 0 Å². The molecule has 7 fully saturated rings. The van der Waals surface area contributed by atoms with Crippen LogP contribution in [-0.4, -0.2) is 180 Å². The highest BCUT2D eigenvalue weighted by Crippen LogP contribution is 2.76. The minimum absolute atomic E-state index is 0.149. The summed E-state index contributed by atoms with van der Waals surface area (Å²) in [7, 11) is 0. The molecule has 7 rings (SSSR count). The topological polar surface area (TPSA) is 278 Å². The molecule has 3 saturated heterocycles. The molecule has 4 aliphatic carbocycles. The molecule has 3 heterocycles. The van der Waals surface area contributed by atoms with Crippen molar-refractivity contribution in [3.05, 3.63) is 11.6 Å². The van der Waals surface area contributed by atoms with E-state index in [9.17, 15) is 56.2 Å². The third-order valence-corrected chi connectivity index (χ3v) is 18.4. The Kier molecular flexibility index (Phi) is 14.9. The average molecular weight is 917 g/mol. The fourth-order valence-corrected chi connectivity index (χ4v) is 14.6. The third kappa shape index (κ3) is 8.49. The molecule has 7 aliphatic rings. The van der Waals surface area contributed by atoms with E-state index >= 15 is 0 Å². The van der Waals surface area contributed by atoms with Crippen LogP contribution < -0.4 is 0 Å². The number of aliphatic hydroxyl groups is 11. The fourth-order valence-electron chi connectivity index (χ4n) is 14.6. The van der Waals surface area contributed by atoms with Crippen molar-refractivity contribution in [2.75, 3.05) is 19.8 Å².